The molecule has 0 aliphatic carbocycles. The summed E-state index contributed by atoms with van der Waals surface area (Å²) in [6, 6.07) is 15.6. The van der Waals surface area contributed by atoms with Gasteiger partial charge in [0.25, 0.3) is 5.91 Å². The van der Waals surface area contributed by atoms with E-state index in [0.717, 1.165) is 16.7 Å². The minimum Gasteiger partial charge on any atom is -0.322 e. The van der Waals surface area contributed by atoms with Gasteiger partial charge in [0, 0.05) is 16.7 Å². The number of likely N-dealkylation sites (tertiary alicyclic amines) is 1. The lowest BCUT2D eigenvalue weighted by molar-refractivity contribution is 0.102. The predicted molar refractivity (Wildman–Crippen MR) is 97.7 cm³/mol. The molecule has 0 radical (unpaired) electrons. The number of hydrogen-bond donors (Lipinski definition) is 1. The quantitative estimate of drug-likeness (QED) is 0.844. The Balaban J connectivity index is 1.61. The van der Waals surface area contributed by atoms with Crippen molar-refractivity contribution in [3.05, 3.63) is 64.1 Å². The molecule has 3 nitrogen and oxygen atoms in total. The van der Waals surface area contributed by atoms with Gasteiger partial charge in [0.1, 0.15) is 0 Å². The molecule has 1 fully saturated rings. The van der Waals surface area contributed by atoms with Gasteiger partial charge in [-0.2, -0.15) is 0 Å². The molecule has 0 aromatic heterocycles. The molecule has 0 saturated carbocycles. The van der Waals surface area contributed by atoms with Crippen molar-refractivity contribution in [3.8, 4) is 0 Å². The number of nitrogens with one attached hydrogen (secondary N) is 1. The molecule has 1 N–H and O–H groups in total. The summed E-state index contributed by atoms with van der Waals surface area (Å²) in [5, 5.41) is 2.95. The van der Waals surface area contributed by atoms with Crippen LogP contribution < -0.4 is 5.32 Å². The third-order valence-corrected chi connectivity index (χ3v) is 4.88. The molecule has 0 atom stereocenters. The van der Waals surface area contributed by atoms with E-state index in [1.54, 1.807) is 0 Å². The molecule has 23 heavy (non-hydrogen) atoms. The summed E-state index contributed by atoms with van der Waals surface area (Å²) in [7, 11) is 0. The number of anilines is 1. The highest BCUT2D eigenvalue weighted by Gasteiger charge is 2.11. The third kappa shape index (κ3) is 4.43. The Morgan fingerprint density at radius 3 is 2.39 bits per heavy atom. The van der Waals surface area contributed by atoms with Crippen LogP contribution in [0, 0.1) is 0 Å². The molecule has 0 spiro atoms. The minimum absolute atomic E-state index is 0.0961. The fraction of sp³-hybridized carbons (Fsp3) is 0.316. The van der Waals surface area contributed by atoms with Gasteiger partial charge in [-0.25, -0.2) is 0 Å². The van der Waals surface area contributed by atoms with Crippen LogP contribution in [0.1, 0.15) is 35.2 Å². The number of amides is 1. The van der Waals surface area contributed by atoms with E-state index in [-0.39, 0.29) is 5.91 Å². The van der Waals surface area contributed by atoms with Crippen molar-refractivity contribution in [2.45, 2.75) is 25.8 Å². The summed E-state index contributed by atoms with van der Waals surface area (Å²) in [5.41, 5.74) is 2.77. The summed E-state index contributed by atoms with van der Waals surface area (Å²) in [6.07, 6.45) is 3.97. The number of piperidine rings is 1. The molecule has 120 valence electrons. The van der Waals surface area contributed by atoms with Gasteiger partial charge in [0.15, 0.2) is 0 Å². The maximum absolute atomic E-state index is 12.3. The first-order chi connectivity index (χ1) is 11.2. The van der Waals surface area contributed by atoms with Crippen molar-refractivity contribution >= 4 is 27.5 Å². The second-order valence-corrected chi connectivity index (χ2v) is 6.82. The normalized spacial score (nSPS) is 15.3. The monoisotopic (exact) mass is 372 g/mol. The fourth-order valence-electron chi connectivity index (χ4n) is 2.91. The van der Waals surface area contributed by atoms with Crippen LogP contribution in [0.5, 0.6) is 0 Å². The number of carbonyl (C=O) groups is 1. The topological polar surface area (TPSA) is 32.3 Å². The lowest BCUT2D eigenvalue weighted by Crippen LogP contribution is -2.29. The Hall–Kier alpha value is -1.65. The summed E-state index contributed by atoms with van der Waals surface area (Å²) in [4.78, 5) is 14.8. The van der Waals surface area contributed by atoms with Gasteiger partial charge in [0.05, 0.1) is 5.56 Å². The Morgan fingerprint density at radius 1 is 1.00 bits per heavy atom. The highest BCUT2D eigenvalue weighted by molar-refractivity contribution is 9.10. The van der Waals surface area contributed by atoms with Gasteiger partial charge in [-0.1, -0.05) is 30.7 Å². The number of halogens is 1. The molecule has 3 rings (SSSR count). The largest absolute Gasteiger partial charge is 0.322 e. The van der Waals surface area contributed by atoms with Crippen molar-refractivity contribution in [3.63, 3.8) is 0 Å². The van der Waals surface area contributed by atoms with Gasteiger partial charge in [-0.3, -0.25) is 9.69 Å². The molecule has 1 amide bonds. The van der Waals surface area contributed by atoms with E-state index in [1.807, 2.05) is 36.4 Å². The fourth-order valence-corrected chi connectivity index (χ4v) is 3.38. The molecule has 1 saturated heterocycles. The first-order valence-corrected chi connectivity index (χ1v) is 8.89. The van der Waals surface area contributed by atoms with E-state index in [9.17, 15) is 4.79 Å². The molecule has 1 aliphatic heterocycles. The molecule has 0 bridgehead atoms. The predicted octanol–water partition coefficient (Wildman–Crippen LogP) is 4.69. The SMILES string of the molecule is O=C(Nc1ccc(CN2CCCCC2)cc1)c1ccccc1Br. The van der Waals surface area contributed by atoms with E-state index in [0.29, 0.717) is 5.56 Å². The van der Waals surface area contributed by atoms with E-state index in [4.69, 9.17) is 0 Å². The van der Waals surface area contributed by atoms with E-state index < -0.39 is 0 Å². The molecule has 2 aromatic rings. The second-order valence-electron chi connectivity index (χ2n) is 5.97. The van der Waals surface area contributed by atoms with Crippen molar-refractivity contribution in [1.29, 1.82) is 0 Å². The Labute approximate surface area is 145 Å². The standard InChI is InChI=1S/C19H21BrN2O/c20-18-7-3-2-6-17(18)19(23)21-16-10-8-15(9-11-16)14-22-12-4-1-5-13-22/h2-3,6-11H,1,4-5,12-14H2,(H,21,23). The van der Waals surface area contributed by atoms with Crippen LogP contribution in [-0.4, -0.2) is 23.9 Å². The van der Waals surface area contributed by atoms with Crippen molar-refractivity contribution < 1.29 is 4.79 Å². The smallest absolute Gasteiger partial charge is 0.256 e. The van der Waals surface area contributed by atoms with Crippen molar-refractivity contribution in [1.82, 2.24) is 4.90 Å². The Kier molecular flexibility index (Phi) is 5.47. The second kappa shape index (κ2) is 7.75. The summed E-state index contributed by atoms with van der Waals surface area (Å²) >= 11 is 3.41. The average Bonchev–Trinajstić information content (AvgIpc) is 2.58. The summed E-state index contributed by atoms with van der Waals surface area (Å²) < 4.78 is 0.805. The Bertz CT molecular complexity index is 663. The van der Waals surface area contributed by atoms with Crippen molar-refractivity contribution in [2.24, 2.45) is 0 Å². The van der Waals surface area contributed by atoms with Gasteiger partial charge < -0.3 is 5.32 Å². The van der Waals surface area contributed by atoms with Gasteiger partial charge in [0.2, 0.25) is 0 Å². The van der Waals surface area contributed by atoms with Gasteiger partial charge >= 0.3 is 0 Å². The zero-order valence-electron chi connectivity index (χ0n) is 13.1. The molecule has 1 heterocycles. The number of nitrogens with zero attached hydrogens (tertiary/aromatic N) is 1. The highest BCUT2D eigenvalue weighted by atomic mass is 79.9. The van der Waals surface area contributed by atoms with Crippen LogP contribution >= 0.6 is 15.9 Å². The van der Waals surface area contributed by atoms with Crippen LogP contribution in [0.25, 0.3) is 0 Å². The van der Waals surface area contributed by atoms with Gasteiger partial charge in [-0.05, 0) is 71.7 Å². The molecule has 1 aliphatic rings. The first kappa shape index (κ1) is 16.2. The van der Waals surface area contributed by atoms with Crippen molar-refractivity contribution in [2.75, 3.05) is 18.4 Å². The number of hydrogen-bond acceptors (Lipinski definition) is 2. The average molecular weight is 373 g/mol. The van der Waals surface area contributed by atoms with Gasteiger partial charge in [-0.15, -0.1) is 0 Å². The third-order valence-electron chi connectivity index (χ3n) is 4.19. The molecule has 2 aromatic carbocycles. The molecule has 0 unspecified atom stereocenters. The van der Waals surface area contributed by atoms with E-state index >= 15 is 0 Å². The lowest BCUT2D eigenvalue weighted by Gasteiger charge is -2.26. The van der Waals surface area contributed by atoms with Crippen LogP contribution in [0.15, 0.2) is 53.0 Å². The number of benzene rings is 2. The zero-order valence-corrected chi connectivity index (χ0v) is 14.7. The zero-order chi connectivity index (χ0) is 16.1. The maximum Gasteiger partial charge on any atom is 0.256 e. The number of carbonyl (C=O) groups excluding carboxylic acids is 1. The van der Waals surface area contributed by atoms with Crippen LogP contribution in [0.4, 0.5) is 5.69 Å². The molecule has 4 heteroatoms. The first-order valence-electron chi connectivity index (χ1n) is 8.09. The maximum atomic E-state index is 12.3. The highest BCUT2D eigenvalue weighted by Crippen LogP contribution is 2.19. The minimum atomic E-state index is -0.0961. The van der Waals surface area contributed by atoms with E-state index in [2.05, 4.69) is 38.3 Å². The van der Waals surface area contributed by atoms with Crippen LogP contribution in [0.2, 0.25) is 0 Å². The lowest BCUT2D eigenvalue weighted by atomic mass is 10.1. The summed E-state index contributed by atoms with van der Waals surface area (Å²) in [5.74, 6) is -0.0961. The molecular formula is C19H21BrN2O. The van der Waals surface area contributed by atoms with E-state index in [1.165, 1.54) is 37.9 Å². The Morgan fingerprint density at radius 2 is 1.70 bits per heavy atom. The molecular weight excluding hydrogens is 352 g/mol. The van der Waals surface area contributed by atoms with Crippen LogP contribution in [0.3, 0.4) is 0 Å². The number of rotatable bonds is 4. The summed E-state index contributed by atoms with van der Waals surface area (Å²) in [6.45, 7) is 3.39. The van der Waals surface area contributed by atoms with Crippen LogP contribution in [-0.2, 0) is 6.54 Å².